The van der Waals surface area contributed by atoms with Gasteiger partial charge in [-0.3, -0.25) is 0 Å². The number of hydrogen-bond acceptors (Lipinski definition) is 6. The van der Waals surface area contributed by atoms with E-state index in [1.807, 2.05) is 0 Å². The van der Waals surface area contributed by atoms with E-state index in [2.05, 4.69) is 0 Å². The molecule has 0 aliphatic rings. The van der Waals surface area contributed by atoms with Crippen molar-refractivity contribution < 1.29 is 62.6 Å². The fourth-order valence-electron chi connectivity index (χ4n) is 1.38. The van der Waals surface area contributed by atoms with Gasteiger partial charge in [-0.2, -0.15) is 26.3 Å². The third kappa shape index (κ3) is 9.31. The molecule has 0 atom stereocenters. The average Bonchev–Trinajstić information content (AvgIpc) is 3.27. The summed E-state index contributed by atoms with van der Waals surface area (Å²) >= 11 is 1.97. The van der Waals surface area contributed by atoms with Gasteiger partial charge in [0.05, 0.1) is 0 Å². The van der Waals surface area contributed by atoms with Crippen LogP contribution in [0.4, 0.5) is 26.3 Å². The number of carbonyl (C=O) groups excluding carboxylic acids is 4. The molecule has 2 rings (SSSR count). The Morgan fingerprint density at radius 1 is 0.690 bits per heavy atom. The molecule has 163 valence electrons. The van der Waals surface area contributed by atoms with Gasteiger partial charge in [-0.05, 0) is 10.8 Å². The second kappa shape index (κ2) is 11.2. The van der Waals surface area contributed by atoms with Gasteiger partial charge in [0.1, 0.15) is 0 Å². The van der Waals surface area contributed by atoms with Crippen LogP contribution in [0.15, 0.2) is 35.0 Å². The van der Waals surface area contributed by atoms with Crippen molar-refractivity contribution in [1.82, 2.24) is 0 Å². The molecule has 0 saturated heterocycles. The molecule has 0 aliphatic carbocycles. The minimum atomic E-state index is -4.98. The molecule has 0 aliphatic heterocycles. The van der Waals surface area contributed by atoms with Crippen LogP contribution in [0, 0.1) is 12.8 Å². The molecule has 0 amide bonds. The number of halogens is 6. The molecule has 29 heavy (non-hydrogen) atoms. The van der Waals surface area contributed by atoms with Gasteiger partial charge in [-0.1, -0.05) is 21.9 Å². The molecule has 0 N–H and O–H groups in total. The summed E-state index contributed by atoms with van der Waals surface area (Å²) in [5.74, 6) is -6.09. The van der Waals surface area contributed by atoms with Crippen LogP contribution >= 0.6 is 22.7 Å². The number of Topliss-reactive ketones (excluding diaryl/α,β-unsaturated/α-hetero) is 4. The minimum Gasteiger partial charge on any atom is -0.330 e. The van der Waals surface area contributed by atoms with Crippen molar-refractivity contribution in [3.05, 3.63) is 57.6 Å². The number of ketones is 4. The summed E-state index contributed by atoms with van der Waals surface area (Å²) in [6, 6.07) is 5.74. The first-order chi connectivity index (χ1) is 12.8. The molecule has 2 aromatic rings. The summed E-state index contributed by atoms with van der Waals surface area (Å²) in [4.78, 5) is 43.0. The average molecular weight is 506 g/mol. The Kier molecular flexibility index (Phi) is 10.4. The Balaban J connectivity index is 0.000000523. The topological polar surface area (TPSA) is 68.3 Å². The van der Waals surface area contributed by atoms with Gasteiger partial charge in [-0.25, -0.2) is 22.7 Å². The summed E-state index contributed by atoms with van der Waals surface area (Å²) in [5, 5.41) is 3.08. The second-order valence-electron chi connectivity index (χ2n) is 4.70. The van der Waals surface area contributed by atoms with E-state index < -0.39 is 35.5 Å². The molecule has 0 aromatic carbocycles. The van der Waals surface area contributed by atoms with Crippen LogP contribution in [0.3, 0.4) is 0 Å². The van der Waals surface area contributed by atoms with E-state index in [0.29, 0.717) is 0 Å². The Labute approximate surface area is 178 Å². The van der Waals surface area contributed by atoms with Crippen molar-refractivity contribution in [3.63, 3.8) is 0 Å². The Bertz CT molecular complexity index is 756. The van der Waals surface area contributed by atoms with E-state index in [-0.39, 0.29) is 39.7 Å². The molecule has 0 bridgehead atoms. The van der Waals surface area contributed by atoms with Gasteiger partial charge in [0.2, 0.25) is 0 Å². The third-order valence-electron chi connectivity index (χ3n) is 2.61. The number of hydrogen-bond donors (Lipinski definition) is 0. The van der Waals surface area contributed by atoms with Crippen LogP contribution in [0.5, 0.6) is 0 Å². The van der Waals surface area contributed by atoms with Crippen LogP contribution in [0.1, 0.15) is 19.3 Å². The molecular weight excluding hydrogens is 498 g/mol. The summed E-state index contributed by atoms with van der Waals surface area (Å²) in [6.07, 6.45) is -9.84. The number of carbonyl (C=O) groups is 4. The maximum absolute atomic E-state index is 11.7. The molecule has 0 unspecified atom stereocenters. The predicted molar refractivity (Wildman–Crippen MR) is 88.0 cm³/mol. The van der Waals surface area contributed by atoms with E-state index in [1.165, 1.54) is 24.3 Å². The van der Waals surface area contributed by atoms with Gasteiger partial charge >= 0.3 is 12.4 Å². The first kappa shape index (κ1) is 26.9. The molecule has 2 heterocycles. The summed E-state index contributed by atoms with van der Waals surface area (Å²) in [6.45, 7) is 0. The maximum atomic E-state index is 11.7. The zero-order chi connectivity index (χ0) is 21.5. The Morgan fingerprint density at radius 3 is 1.21 bits per heavy atom. The molecule has 2 aromatic heterocycles. The van der Waals surface area contributed by atoms with Crippen LogP contribution in [0.2, 0.25) is 0 Å². The van der Waals surface area contributed by atoms with Crippen LogP contribution < -0.4 is 0 Å². The molecule has 0 saturated carbocycles. The first-order valence-electron chi connectivity index (χ1n) is 6.90. The minimum absolute atomic E-state index is 0. The monoisotopic (exact) mass is 505 g/mol. The fourth-order valence-corrected chi connectivity index (χ4v) is 2.65. The smallest absolute Gasteiger partial charge is 0.330 e. The number of rotatable bonds is 6. The van der Waals surface area contributed by atoms with Crippen molar-refractivity contribution in [2.24, 2.45) is 0 Å². The van der Waals surface area contributed by atoms with Crippen molar-refractivity contribution in [1.29, 1.82) is 0 Å². The van der Waals surface area contributed by atoms with Crippen LogP contribution in [0.25, 0.3) is 0 Å². The van der Waals surface area contributed by atoms with Crippen LogP contribution in [-0.4, -0.2) is 35.5 Å². The number of alkyl halides is 6. The number of thiophene rings is 2. The van der Waals surface area contributed by atoms with Gasteiger partial charge in [0.15, 0.2) is 11.6 Å². The van der Waals surface area contributed by atoms with Gasteiger partial charge in [-0.15, -0.1) is 25.0 Å². The first-order valence-corrected chi connectivity index (χ1v) is 8.65. The van der Waals surface area contributed by atoms with Crippen molar-refractivity contribution in [2.75, 3.05) is 0 Å². The Morgan fingerprint density at radius 2 is 1.00 bits per heavy atom. The molecule has 0 fully saturated rings. The molecule has 1 radical (unpaired) electrons. The fraction of sp³-hybridized carbons (Fsp3) is 0.125. The van der Waals surface area contributed by atoms with Crippen LogP contribution in [-0.2, 0) is 26.7 Å². The van der Waals surface area contributed by atoms with Crippen molar-refractivity contribution >= 4 is 45.8 Å². The summed E-state index contributed by atoms with van der Waals surface area (Å²) in [7, 11) is 0. The predicted octanol–water partition coefficient (Wildman–Crippen LogP) is 4.53. The largest absolute Gasteiger partial charge is 0.436 e. The molecule has 4 nitrogen and oxygen atoms in total. The zero-order valence-corrected chi connectivity index (χ0v) is 16.2. The quantitative estimate of drug-likeness (QED) is 0.190. The van der Waals surface area contributed by atoms with E-state index in [0.717, 1.165) is 22.7 Å². The second-order valence-corrected chi connectivity index (χ2v) is 6.59. The van der Waals surface area contributed by atoms with Gasteiger partial charge in [0.25, 0.3) is 0 Å². The molecule has 0 spiro atoms. The molecular formula is C16H8CuF6O4S2-2. The van der Waals surface area contributed by atoms with Gasteiger partial charge < -0.3 is 19.2 Å². The standard InChI is InChI=1S/2C8H4F3O2S.Cu/c2*9-8(10,11)7(13)4-5(12)6-2-1-3-14-6;/h2*1-4H;/q2*-1;. The third-order valence-corrected chi connectivity index (χ3v) is 4.38. The maximum Gasteiger partial charge on any atom is 0.436 e. The normalized spacial score (nSPS) is 10.7. The summed E-state index contributed by atoms with van der Waals surface area (Å²) < 4.78 is 70.3. The molecule has 13 heteroatoms. The Hall–Kier alpha value is -2.08. The van der Waals surface area contributed by atoms with E-state index in [9.17, 15) is 45.5 Å². The van der Waals surface area contributed by atoms with Crippen molar-refractivity contribution in [2.45, 2.75) is 12.4 Å². The van der Waals surface area contributed by atoms with Crippen molar-refractivity contribution in [3.8, 4) is 0 Å². The SMILES string of the molecule is O=C([CH-]C(=O)C(F)(F)F)c1cccs1.O=C([CH-]C(=O)C(F)(F)F)c1cccs1.[Cu]. The summed E-state index contributed by atoms with van der Waals surface area (Å²) in [5.41, 5.74) is 0. The van der Waals surface area contributed by atoms with Gasteiger partial charge in [0, 0.05) is 28.6 Å². The van der Waals surface area contributed by atoms with E-state index in [1.54, 1.807) is 10.8 Å². The van der Waals surface area contributed by atoms with E-state index in [4.69, 9.17) is 0 Å². The zero-order valence-electron chi connectivity index (χ0n) is 13.6. The van der Waals surface area contributed by atoms with E-state index >= 15 is 0 Å².